The van der Waals surface area contributed by atoms with Gasteiger partial charge in [-0.15, -0.1) is 23.1 Å². The summed E-state index contributed by atoms with van der Waals surface area (Å²) in [5.74, 6) is 0.991. The molecule has 4 aromatic rings. The molecule has 200 valence electrons. The molecular weight excluding hydrogens is 536 g/mol. The van der Waals surface area contributed by atoms with Crippen molar-refractivity contribution in [3.05, 3.63) is 94.4 Å². The van der Waals surface area contributed by atoms with Gasteiger partial charge >= 0.3 is 0 Å². The molecule has 10 heteroatoms. The van der Waals surface area contributed by atoms with Crippen LogP contribution in [0.25, 0.3) is 0 Å². The number of nitrogens with one attached hydrogen (secondary N) is 1. The van der Waals surface area contributed by atoms with Gasteiger partial charge in [0.2, 0.25) is 5.78 Å². The van der Waals surface area contributed by atoms with E-state index in [1.807, 2.05) is 0 Å². The van der Waals surface area contributed by atoms with Crippen LogP contribution in [0, 0.1) is 0 Å². The average Bonchev–Trinajstić information content (AvgIpc) is 3.31. The van der Waals surface area contributed by atoms with E-state index in [-0.39, 0.29) is 33.4 Å². The van der Waals surface area contributed by atoms with Crippen molar-refractivity contribution in [2.75, 3.05) is 38.1 Å². The van der Waals surface area contributed by atoms with Gasteiger partial charge in [-0.05, 0) is 72.8 Å². The third-order valence-corrected chi connectivity index (χ3v) is 8.27. The van der Waals surface area contributed by atoms with Crippen LogP contribution in [0.3, 0.4) is 0 Å². The lowest BCUT2D eigenvalue weighted by molar-refractivity contribution is 0.101. The second-order valence-corrected chi connectivity index (χ2v) is 10.5. The maximum Gasteiger partial charge on any atom is 0.259 e. The summed E-state index contributed by atoms with van der Waals surface area (Å²) in [5.41, 5.74) is 8.07. The zero-order valence-electron chi connectivity index (χ0n) is 21.5. The van der Waals surface area contributed by atoms with Crippen LogP contribution in [0.4, 0.5) is 11.4 Å². The molecular formula is C29H26N2O6S2. The van der Waals surface area contributed by atoms with Crippen LogP contribution < -0.4 is 25.3 Å². The maximum absolute atomic E-state index is 13.4. The molecule has 0 fully saturated rings. The van der Waals surface area contributed by atoms with Crippen molar-refractivity contribution >= 4 is 51.9 Å². The van der Waals surface area contributed by atoms with Crippen LogP contribution >= 0.6 is 23.1 Å². The van der Waals surface area contributed by atoms with Gasteiger partial charge in [-0.2, -0.15) is 0 Å². The van der Waals surface area contributed by atoms with Crippen LogP contribution in [-0.2, 0) is 0 Å². The highest BCUT2D eigenvalue weighted by Crippen LogP contribution is 2.40. The Labute approximate surface area is 234 Å². The molecule has 3 N–H and O–H groups in total. The van der Waals surface area contributed by atoms with Crippen LogP contribution in [0.15, 0.2) is 77.0 Å². The van der Waals surface area contributed by atoms with E-state index in [2.05, 4.69) is 5.32 Å². The van der Waals surface area contributed by atoms with Crippen molar-refractivity contribution in [1.29, 1.82) is 0 Å². The zero-order valence-corrected chi connectivity index (χ0v) is 23.1. The molecule has 0 saturated carbocycles. The van der Waals surface area contributed by atoms with Crippen LogP contribution in [-0.4, -0.2) is 44.6 Å². The van der Waals surface area contributed by atoms with Crippen molar-refractivity contribution in [2.45, 2.75) is 4.21 Å². The Bertz CT molecular complexity index is 1480. The lowest BCUT2D eigenvalue weighted by Crippen LogP contribution is -2.15. The number of Topliss-reactive ketones (excluding diaryl/α,β-unsaturated/α-hetero) is 1. The number of carbonyl (C=O) groups excluding carboxylic acids is 3. The molecule has 3 aromatic carbocycles. The number of ether oxygens (including phenoxy) is 3. The number of carbonyl (C=O) groups is 3. The van der Waals surface area contributed by atoms with Crippen molar-refractivity contribution in [3.63, 3.8) is 0 Å². The van der Waals surface area contributed by atoms with E-state index in [1.54, 1.807) is 94.1 Å². The number of nitrogen functional groups attached to an aromatic ring is 1. The number of thioether (sulfide) groups is 1. The van der Waals surface area contributed by atoms with Gasteiger partial charge in [0.1, 0.15) is 17.2 Å². The SMILES string of the molecule is COc1ccc(NC(=O)c2c(SCC(=O)c3ccc(OC)cc3)sc(C(=O)c3ccc(OC)cc3)c2N)cc1. The largest absolute Gasteiger partial charge is 0.497 e. The molecule has 0 radical (unpaired) electrons. The van der Waals surface area contributed by atoms with Gasteiger partial charge in [0.05, 0.1) is 47.4 Å². The summed E-state index contributed by atoms with van der Waals surface area (Å²) >= 11 is 2.25. The standard InChI is InChI=1S/C29H26N2O6S2/c1-35-20-10-4-17(5-11-20)23(32)16-38-29-24(28(34)31-19-8-14-22(37-3)15-9-19)25(30)27(39-29)26(33)18-6-12-21(36-2)13-7-18/h4-15H,16,30H2,1-3H3,(H,31,34). The summed E-state index contributed by atoms with van der Waals surface area (Å²) in [7, 11) is 4.65. The summed E-state index contributed by atoms with van der Waals surface area (Å²) in [6.07, 6.45) is 0. The third-order valence-electron chi connectivity index (χ3n) is 5.79. The fourth-order valence-corrected chi connectivity index (χ4v) is 5.99. The van der Waals surface area contributed by atoms with Gasteiger partial charge in [0.25, 0.3) is 5.91 Å². The number of hydrogen-bond acceptors (Lipinski definition) is 9. The van der Waals surface area contributed by atoms with Gasteiger partial charge in [0, 0.05) is 16.8 Å². The predicted molar refractivity (Wildman–Crippen MR) is 154 cm³/mol. The molecule has 0 saturated heterocycles. The number of thiophene rings is 1. The molecule has 0 spiro atoms. The lowest BCUT2D eigenvalue weighted by atomic mass is 10.1. The highest BCUT2D eigenvalue weighted by molar-refractivity contribution is 8.01. The second-order valence-electron chi connectivity index (χ2n) is 8.19. The van der Waals surface area contributed by atoms with Gasteiger partial charge < -0.3 is 25.3 Å². The van der Waals surface area contributed by atoms with Crippen molar-refractivity contribution in [1.82, 2.24) is 0 Å². The molecule has 8 nitrogen and oxygen atoms in total. The molecule has 39 heavy (non-hydrogen) atoms. The van der Waals surface area contributed by atoms with Crippen molar-refractivity contribution in [3.8, 4) is 17.2 Å². The molecule has 0 aliphatic heterocycles. The summed E-state index contributed by atoms with van der Waals surface area (Å²) in [4.78, 5) is 39.9. The van der Waals surface area contributed by atoms with E-state index in [4.69, 9.17) is 19.9 Å². The summed E-state index contributed by atoms with van der Waals surface area (Å²) in [5, 5.41) is 2.82. The Morgan fingerprint density at radius 2 is 1.26 bits per heavy atom. The van der Waals surface area contributed by atoms with Crippen LogP contribution in [0.5, 0.6) is 17.2 Å². The van der Waals surface area contributed by atoms with Gasteiger partial charge in [-0.3, -0.25) is 14.4 Å². The first kappa shape index (κ1) is 27.7. The topological polar surface area (TPSA) is 117 Å². The van der Waals surface area contributed by atoms with Gasteiger partial charge in [-0.25, -0.2) is 0 Å². The molecule has 1 heterocycles. The van der Waals surface area contributed by atoms with Gasteiger partial charge in [0.15, 0.2) is 5.78 Å². The predicted octanol–water partition coefficient (Wildman–Crippen LogP) is 5.81. The second kappa shape index (κ2) is 12.5. The van der Waals surface area contributed by atoms with E-state index in [1.165, 1.54) is 0 Å². The van der Waals surface area contributed by atoms with Crippen LogP contribution in [0.1, 0.15) is 36.0 Å². The number of amides is 1. The fourth-order valence-electron chi connectivity index (χ4n) is 3.64. The minimum absolute atomic E-state index is 0.0469. The molecule has 1 aromatic heterocycles. The number of hydrogen-bond donors (Lipinski definition) is 2. The normalized spacial score (nSPS) is 10.5. The average molecular weight is 563 g/mol. The summed E-state index contributed by atoms with van der Waals surface area (Å²) in [6, 6.07) is 20.2. The number of benzene rings is 3. The molecule has 1 amide bonds. The Balaban J connectivity index is 1.63. The first-order valence-electron chi connectivity index (χ1n) is 11.7. The van der Waals surface area contributed by atoms with E-state index in [0.29, 0.717) is 38.3 Å². The Morgan fingerprint density at radius 3 is 1.77 bits per heavy atom. The summed E-state index contributed by atoms with van der Waals surface area (Å²) < 4.78 is 16.0. The monoisotopic (exact) mass is 562 g/mol. The molecule has 0 aliphatic rings. The smallest absolute Gasteiger partial charge is 0.259 e. The molecule has 0 unspecified atom stereocenters. The summed E-state index contributed by atoms with van der Waals surface area (Å²) in [6.45, 7) is 0. The Morgan fingerprint density at radius 1 is 0.769 bits per heavy atom. The first-order valence-corrected chi connectivity index (χ1v) is 13.5. The van der Waals surface area contributed by atoms with Crippen LogP contribution in [0.2, 0.25) is 0 Å². The Kier molecular flexibility index (Phi) is 8.90. The quantitative estimate of drug-likeness (QED) is 0.174. The highest BCUT2D eigenvalue weighted by atomic mass is 32.2. The number of methoxy groups -OCH3 is 3. The third kappa shape index (κ3) is 6.42. The van der Waals surface area contributed by atoms with E-state index in [0.717, 1.165) is 23.1 Å². The first-order chi connectivity index (χ1) is 18.8. The molecule has 0 atom stereocenters. The minimum atomic E-state index is -0.484. The van der Waals surface area contributed by atoms with E-state index >= 15 is 0 Å². The molecule has 0 aliphatic carbocycles. The highest BCUT2D eigenvalue weighted by Gasteiger charge is 2.27. The van der Waals surface area contributed by atoms with Gasteiger partial charge in [-0.1, -0.05) is 0 Å². The fraction of sp³-hybridized carbons (Fsp3) is 0.138. The minimum Gasteiger partial charge on any atom is -0.497 e. The van der Waals surface area contributed by atoms with E-state index in [9.17, 15) is 14.4 Å². The van der Waals surface area contributed by atoms with Crippen molar-refractivity contribution < 1.29 is 28.6 Å². The molecule has 0 bridgehead atoms. The van der Waals surface area contributed by atoms with E-state index < -0.39 is 5.91 Å². The lowest BCUT2D eigenvalue weighted by Gasteiger charge is -2.08. The number of anilines is 2. The number of rotatable bonds is 11. The molecule has 4 rings (SSSR count). The maximum atomic E-state index is 13.4. The number of ketones is 2. The zero-order chi connectivity index (χ0) is 27.9. The van der Waals surface area contributed by atoms with Crippen molar-refractivity contribution in [2.24, 2.45) is 0 Å². The number of nitrogens with two attached hydrogens (primary N) is 1. The Hall–Kier alpha value is -4.28.